The number of rotatable bonds is 3. The van der Waals surface area contributed by atoms with E-state index in [4.69, 9.17) is 0 Å². The zero-order valence-corrected chi connectivity index (χ0v) is 9.52. The minimum Gasteiger partial charge on any atom is -0.550 e. The van der Waals surface area contributed by atoms with E-state index in [1.165, 1.54) is 12.0 Å². The molecule has 0 saturated heterocycles. The lowest BCUT2D eigenvalue weighted by Gasteiger charge is -2.37. The van der Waals surface area contributed by atoms with Crippen molar-refractivity contribution in [3.05, 3.63) is 22.4 Å². The molecule has 1 aliphatic rings. The predicted molar refractivity (Wildman–Crippen MR) is 58.7 cm³/mol. The number of carbonyl (C=O) groups is 1. The van der Waals surface area contributed by atoms with Gasteiger partial charge in [-0.25, -0.2) is 0 Å². The molecule has 1 saturated carbocycles. The van der Waals surface area contributed by atoms with Gasteiger partial charge in [-0.15, -0.1) is 0 Å². The molecule has 0 bridgehead atoms. The molecule has 0 spiro atoms. The number of thiophene rings is 1. The summed E-state index contributed by atoms with van der Waals surface area (Å²) in [6, 6.07) is 2.07. The molecule has 15 heavy (non-hydrogen) atoms. The smallest absolute Gasteiger partial charge is 0.0423 e. The summed E-state index contributed by atoms with van der Waals surface area (Å²) in [7, 11) is 0. The maximum Gasteiger partial charge on any atom is 0.0423 e. The monoisotopic (exact) mass is 223 g/mol. The van der Waals surface area contributed by atoms with E-state index in [0.717, 1.165) is 25.7 Å². The molecule has 0 atom stereocenters. The van der Waals surface area contributed by atoms with Crippen molar-refractivity contribution >= 4 is 17.3 Å². The minimum absolute atomic E-state index is 0.128. The van der Waals surface area contributed by atoms with E-state index in [2.05, 4.69) is 11.4 Å². The van der Waals surface area contributed by atoms with Crippen molar-refractivity contribution < 1.29 is 9.90 Å². The Morgan fingerprint density at radius 2 is 2.13 bits per heavy atom. The van der Waals surface area contributed by atoms with Crippen molar-refractivity contribution in [1.29, 1.82) is 0 Å². The van der Waals surface area contributed by atoms with Gasteiger partial charge in [-0.2, -0.15) is 11.3 Å². The molecular formula is C12H15O2S-. The lowest BCUT2D eigenvalue weighted by Crippen LogP contribution is -2.36. The largest absolute Gasteiger partial charge is 0.550 e. The summed E-state index contributed by atoms with van der Waals surface area (Å²) in [5, 5.41) is 15.0. The average molecular weight is 223 g/mol. The van der Waals surface area contributed by atoms with Crippen molar-refractivity contribution in [3.8, 4) is 0 Å². The first kappa shape index (κ1) is 10.7. The highest BCUT2D eigenvalue weighted by Crippen LogP contribution is 2.42. The summed E-state index contributed by atoms with van der Waals surface area (Å²) < 4.78 is 0. The second-order valence-electron chi connectivity index (χ2n) is 4.40. The lowest BCUT2D eigenvalue weighted by molar-refractivity contribution is -0.307. The zero-order chi connectivity index (χ0) is 10.7. The van der Waals surface area contributed by atoms with E-state index < -0.39 is 5.97 Å². The molecule has 1 heterocycles. The van der Waals surface area contributed by atoms with E-state index in [-0.39, 0.29) is 11.8 Å². The minimum atomic E-state index is -0.914. The number of carboxylic acids is 1. The Morgan fingerprint density at radius 3 is 2.67 bits per heavy atom. The van der Waals surface area contributed by atoms with Crippen LogP contribution in [0.1, 0.15) is 44.1 Å². The Kier molecular flexibility index (Phi) is 3.10. The number of carbonyl (C=O) groups excluding carboxylic acids is 1. The zero-order valence-electron chi connectivity index (χ0n) is 8.70. The fourth-order valence-electron chi connectivity index (χ4n) is 2.64. The molecule has 1 aromatic heterocycles. The third-order valence-corrected chi connectivity index (χ3v) is 4.11. The highest BCUT2D eigenvalue weighted by Gasteiger charge is 2.34. The predicted octanol–water partition coefficient (Wildman–Crippen LogP) is 2.09. The molecule has 0 aromatic carbocycles. The van der Waals surface area contributed by atoms with E-state index in [0.29, 0.717) is 0 Å². The molecule has 2 nitrogen and oxygen atoms in total. The number of carboxylic acid groups (broad SMARTS) is 1. The van der Waals surface area contributed by atoms with Crippen LogP contribution in [0.5, 0.6) is 0 Å². The van der Waals surface area contributed by atoms with Gasteiger partial charge < -0.3 is 9.90 Å². The van der Waals surface area contributed by atoms with Crippen molar-refractivity contribution in [3.63, 3.8) is 0 Å². The molecule has 0 unspecified atom stereocenters. The Bertz CT molecular complexity index is 323. The SMILES string of the molecule is O=C([O-])CC1(c2ccsc2)CCCCC1. The van der Waals surface area contributed by atoms with Crippen LogP contribution in [0.3, 0.4) is 0 Å². The van der Waals surface area contributed by atoms with Crippen LogP contribution in [0, 0.1) is 0 Å². The Balaban J connectivity index is 2.25. The molecule has 0 amide bonds. The van der Waals surface area contributed by atoms with Gasteiger partial charge in [0.25, 0.3) is 0 Å². The summed E-state index contributed by atoms with van der Waals surface area (Å²) in [4.78, 5) is 10.9. The van der Waals surface area contributed by atoms with Crippen LogP contribution in [0.2, 0.25) is 0 Å². The number of hydrogen-bond acceptors (Lipinski definition) is 3. The molecule has 0 radical (unpaired) electrons. The summed E-state index contributed by atoms with van der Waals surface area (Å²) >= 11 is 1.65. The Morgan fingerprint density at radius 1 is 1.40 bits per heavy atom. The first-order valence-corrected chi connectivity index (χ1v) is 6.40. The summed E-state index contributed by atoms with van der Waals surface area (Å²) in [5.74, 6) is -0.914. The average Bonchev–Trinajstić information content (AvgIpc) is 2.71. The standard InChI is InChI=1S/C12H16O2S/c13-11(14)8-12(5-2-1-3-6-12)10-4-7-15-9-10/h4,7,9H,1-3,5-6,8H2,(H,13,14)/p-1. The van der Waals surface area contributed by atoms with Gasteiger partial charge in [0.1, 0.15) is 0 Å². The summed E-state index contributed by atoms with van der Waals surface area (Å²) in [5.41, 5.74) is 1.08. The van der Waals surface area contributed by atoms with Crippen molar-refractivity contribution in [2.24, 2.45) is 0 Å². The van der Waals surface area contributed by atoms with Gasteiger partial charge >= 0.3 is 0 Å². The van der Waals surface area contributed by atoms with Crippen LogP contribution in [-0.4, -0.2) is 5.97 Å². The van der Waals surface area contributed by atoms with Crippen LogP contribution in [0.15, 0.2) is 16.8 Å². The lowest BCUT2D eigenvalue weighted by atomic mass is 9.68. The van der Waals surface area contributed by atoms with Crippen molar-refractivity contribution in [2.45, 2.75) is 43.9 Å². The van der Waals surface area contributed by atoms with Crippen molar-refractivity contribution in [2.75, 3.05) is 0 Å². The van der Waals surface area contributed by atoms with Crippen LogP contribution in [0.25, 0.3) is 0 Å². The third-order valence-electron chi connectivity index (χ3n) is 3.43. The van der Waals surface area contributed by atoms with Crippen LogP contribution in [0.4, 0.5) is 0 Å². The van der Waals surface area contributed by atoms with E-state index >= 15 is 0 Å². The molecule has 82 valence electrons. The van der Waals surface area contributed by atoms with Crippen LogP contribution >= 0.6 is 11.3 Å². The Hall–Kier alpha value is -0.830. The molecule has 1 aliphatic carbocycles. The highest BCUT2D eigenvalue weighted by atomic mass is 32.1. The third kappa shape index (κ3) is 2.23. The second-order valence-corrected chi connectivity index (χ2v) is 5.18. The van der Waals surface area contributed by atoms with Crippen molar-refractivity contribution in [1.82, 2.24) is 0 Å². The quantitative estimate of drug-likeness (QED) is 0.787. The highest BCUT2D eigenvalue weighted by molar-refractivity contribution is 7.08. The van der Waals surface area contributed by atoms with E-state index in [1.54, 1.807) is 11.3 Å². The van der Waals surface area contributed by atoms with Gasteiger partial charge in [-0.05, 0) is 41.7 Å². The fourth-order valence-corrected chi connectivity index (χ4v) is 3.42. The number of hydrogen-bond donors (Lipinski definition) is 0. The topological polar surface area (TPSA) is 40.1 Å². The van der Waals surface area contributed by atoms with E-state index in [9.17, 15) is 9.90 Å². The normalized spacial score (nSPS) is 20.0. The molecular weight excluding hydrogens is 208 g/mol. The van der Waals surface area contributed by atoms with Gasteiger partial charge in [0.05, 0.1) is 0 Å². The van der Waals surface area contributed by atoms with Gasteiger partial charge in [-0.1, -0.05) is 19.3 Å². The summed E-state index contributed by atoms with van der Waals surface area (Å²) in [6.07, 6.45) is 5.70. The maximum absolute atomic E-state index is 10.9. The summed E-state index contributed by atoms with van der Waals surface area (Å²) in [6.45, 7) is 0. The van der Waals surface area contributed by atoms with Gasteiger partial charge in [0.2, 0.25) is 0 Å². The van der Waals surface area contributed by atoms with Gasteiger partial charge in [0, 0.05) is 11.4 Å². The number of aliphatic carboxylic acids is 1. The van der Waals surface area contributed by atoms with Crippen LogP contribution in [-0.2, 0) is 10.2 Å². The van der Waals surface area contributed by atoms with Crippen LogP contribution < -0.4 is 5.11 Å². The van der Waals surface area contributed by atoms with E-state index in [1.807, 2.05) is 5.38 Å². The molecule has 0 N–H and O–H groups in total. The van der Waals surface area contributed by atoms with Gasteiger partial charge in [-0.3, -0.25) is 0 Å². The molecule has 0 aliphatic heterocycles. The molecule has 2 rings (SSSR count). The fraction of sp³-hybridized carbons (Fsp3) is 0.583. The molecule has 1 fully saturated rings. The Labute approximate surface area is 93.9 Å². The second kappa shape index (κ2) is 4.35. The van der Waals surface area contributed by atoms with Gasteiger partial charge in [0.15, 0.2) is 0 Å². The molecule has 3 heteroatoms. The first-order valence-electron chi connectivity index (χ1n) is 5.45. The maximum atomic E-state index is 10.9. The first-order chi connectivity index (χ1) is 7.23. The molecule has 1 aromatic rings.